The number of nitrogens with one attached hydrogen (secondary N) is 1. The maximum atomic E-state index is 14.2. The van der Waals surface area contributed by atoms with Crippen LogP contribution in [-0.4, -0.2) is 66.8 Å². The monoisotopic (exact) mass is 496 g/mol. The Morgan fingerprint density at radius 2 is 1.69 bits per heavy atom. The largest absolute Gasteiger partial charge is 0.369 e. The molecule has 0 bridgehead atoms. The predicted molar refractivity (Wildman–Crippen MR) is 141 cm³/mol. The van der Waals surface area contributed by atoms with Gasteiger partial charge in [-0.2, -0.15) is 0 Å². The van der Waals surface area contributed by atoms with Gasteiger partial charge in [0.1, 0.15) is 5.82 Å². The minimum atomic E-state index is -0.522. The lowest BCUT2D eigenvalue weighted by Gasteiger charge is -2.28. The lowest BCUT2D eigenvalue weighted by atomic mass is 10.1. The van der Waals surface area contributed by atoms with E-state index in [1.807, 2.05) is 39.8 Å². The van der Waals surface area contributed by atoms with Crippen LogP contribution < -0.4 is 10.2 Å². The van der Waals surface area contributed by atoms with Gasteiger partial charge in [0, 0.05) is 57.1 Å². The molecule has 36 heavy (non-hydrogen) atoms. The smallest absolute Gasteiger partial charge is 0.256 e. The minimum Gasteiger partial charge on any atom is -0.369 e. The molecule has 0 saturated carbocycles. The van der Waals surface area contributed by atoms with Gasteiger partial charge in [0.25, 0.3) is 11.8 Å². The maximum absolute atomic E-state index is 14.2. The summed E-state index contributed by atoms with van der Waals surface area (Å²) < 4.78 is 14.2. The number of carbonyl (C=O) groups is 3. The molecule has 1 aliphatic heterocycles. The molecule has 8 heteroatoms. The molecule has 2 aromatic carbocycles. The van der Waals surface area contributed by atoms with E-state index in [1.54, 1.807) is 28.0 Å². The van der Waals surface area contributed by atoms with Crippen LogP contribution in [0.3, 0.4) is 0 Å². The van der Waals surface area contributed by atoms with Crippen LogP contribution in [-0.2, 0) is 4.79 Å². The first-order valence-corrected chi connectivity index (χ1v) is 12.8. The summed E-state index contributed by atoms with van der Waals surface area (Å²) in [6.07, 6.45) is 1.09. The number of halogens is 1. The first-order chi connectivity index (χ1) is 17.2. The van der Waals surface area contributed by atoms with Crippen LogP contribution in [0.1, 0.15) is 61.3 Å². The zero-order chi connectivity index (χ0) is 26.2. The molecule has 2 aromatic rings. The normalized spacial score (nSPS) is 13.9. The average Bonchev–Trinajstić information content (AvgIpc) is 3.10. The van der Waals surface area contributed by atoms with Crippen LogP contribution >= 0.6 is 0 Å². The number of rotatable bonds is 8. The molecule has 0 spiro atoms. The molecule has 3 rings (SSSR count). The van der Waals surface area contributed by atoms with Gasteiger partial charge >= 0.3 is 0 Å². The number of nitrogens with zero attached hydrogens (tertiary/aromatic N) is 3. The summed E-state index contributed by atoms with van der Waals surface area (Å²) >= 11 is 0. The number of benzene rings is 2. The third kappa shape index (κ3) is 6.62. The lowest BCUT2D eigenvalue weighted by Crippen LogP contribution is -2.36. The molecule has 3 amide bonds. The van der Waals surface area contributed by atoms with Crippen molar-refractivity contribution < 1.29 is 18.8 Å². The van der Waals surface area contributed by atoms with Crippen molar-refractivity contribution in [2.45, 2.75) is 40.5 Å². The Morgan fingerprint density at radius 3 is 2.36 bits per heavy atom. The number of amides is 3. The molecule has 194 valence electrons. The van der Waals surface area contributed by atoms with Gasteiger partial charge in [-0.05, 0) is 56.5 Å². The molecule has 0 aromatic heterocycles. The third-order valence-corrected chi connectivity index (χ3v) is 6.38. The Morgan fingerprint density at radius 1 is 0.972 bits per heavy atom. The second kappa shape index (κ2) is 12.5. The second-order valence-corrected chi connectivity index (χ2v) is 9.47. The van der Waals surface area contributed by atoms with Crippen LogP contribution in [0.2, 0.25) is 0 Å². The fourth-order valence-corrected chi connectivity index (χ4v) is 4.49. The van der Waals surface area contributed by atoms with Gasteiger partial charge in [0.15, 0.2) is 0 Å². The Labute approximate surface area is 213 Å². The van der Waals surface area contributed by atoms with E-state index in [4.69, 9.17) is 0 Å². The van der Waals surface area contributed by atoms with E-state index in [0.717, 1.165) is 5.69 Å². The summed E-state index contributed by atoms with van der Waals surface area (Å²) in [6.45, 7) is 11.1. The van der Waals surface area contributed by atoms with Gasteiger partial charge in [-0.25, -0.2) is 4.39 Å². The van der Waals surface area contributed by atoms with Gasteiger partial charge in [0.2, 0.25) is 5.91 Å². The molecular weight excluding hydrogens is 459 g/mol. The Bertz CT molecular complexity index is 1080. The molecular formula is C28H37FN4O3. The highest BCUT2D eigenvalue weighted by molar-refractivity contribution is 6.02. The van der Waals surface area contributed by atoms with Crippen molar-refractivity contribution in [2.24, 2.45) is 5.92 Å². The van der Waals surface area contributed by atoms with Gasteiger partial charge in [-0.15, -0.1) is 0 Å². The molecule has 1 aliphatic rings. The highest BCUT2D eigenvalue weighted by atomic mass is 19.1. The molecule has 7 nitrogen and oxygen atoms in total. The van der Waals surface area contributed by atoms with Gasteiger partial charge in [-0.1, -0.05) is 26.0 Å². The fraction of sp³-hybridized carbons (Fsp3) is 0.464. The molecule has 0 unspecified atom stereocenters. The summed E-state index contributed by atoms with van der Waals surface area (Å²) in [5.41, 5.74) is 1.96. The summed E-state index contributed by atoms with van der Waals surface area (Å²) in [5, 5.41) is 2.91. The molecule has 1 saturated heterocycles. The maximum Gasteiger partial charge on any atom is 0.256 e. The average molecular weight is 497 g/mol. The highest BCUT2D eigenvalue weighted by Crippen LogP contribution is 2.28. The number of carbonyl (C=O) groups excluding carboxylic acids is 3. The van der Waals surface area contributed by atoms with Crippen LogP contribution in [0, 0.1) is 11.7 Å². The number of hydrogen-bond acceptors (Lipinski definition) is 4. The summed E-state index contributed by atoms with van der Waals surface area (Å²) in [4.78, 5) is 44.3. The standard InChI is InChI=1S/C28H37FN4O3/c1-5-31(6-2)28(36)23-19-21(30-26(34)18-20(3)4)12-13-25(23)32-14-9-15-33(17-16-32)27(35)22-10-7-8-11-24(22)29/h7-8,10-13,19-20H,5-6,9,14-18H2,1-4H3,(H,30,34). The molecule has 1 fully saturated rings. The van der Waals surface area contributed by atoms with E-state index >= 15 is 0 Å². The fourth-order valence-electron chi connectivity index (χ4n) is 4.49. The highest BCUT2D eigenvalue weighted by Gasteiger charge is 2.26. The first kappa shape index (κ1) is 27.2. The van der Waals surface area contributed by atoms with E-state index in [-0.39, 0.29) is 29.2 Å². The lowest BCUT2D eigenvalue weighted by molar-refractivity contribution is -0.116. The zero-order valence-corrected chi connectivity index (χ0v) is 21.7. The summed E-state index contributed by atoms with van der Waals surface area (Å²) in [7, 11) is 0. The zero-order valence-electron chi connectivity index (χ0n) is 21.7. The second-order valence-electron chi connectivity index (χ2n) is 9.47. The SMILES string of the molecule is CCN(CC)C(=O)c1cc(NC(=O)CC(C)C)ccc1N1CCCN(C(=O)c2ccccc2F)CC1. The van der Waals surface area contributed by atoms with Crippen molar-refractivity contribution in [3.05, 3.63) is 59.4 Å². The van der Waals surface area contributed by atoms with E-state index in [2.05, 4.69) is 10.2 Å². The Kier molecular flexibility index (Phi) is 9.44. The Balaban J connectivity index is 1.85. The van der Waals surface area contributed by atoms with Crippen LogP contribution in [0.25, 0.3) is 0 Å². The van der Waals surface area contributed by atoms with Crippen LogP contribution in [0.15, 0.2) is 42.5 Å². The number of hydrogen-bond donors (Lipinski definition) is 1. The Hall–Kier alpha value is -3.42. The molecule has 1 N–H and O–H groups in total. The van der Waals surface area contributed by atoms with Crippen molar-refractivity contribution in [1.82, 2.24) is 9.80 Å². The topological polar surface area (TPSA) is 73.0 Å². The quantitative estimate of drug-likeness (QED) is 0.578. The van der Waals surface area contributed by atoms with E-state index in [0.29, 0.717) is 63.4 Å². The van der Waals surface area contributed by atoms with Crippen molar-refractivity contribution >= 4 is 29.1 Å². The molecule has 1 heterocycles. The van der Waals surface area contributed by atoms with E-state index in [9.17, 15) is 18.8 Å². The number of anilines is 2. The predicted octanol–water partition coefficient (Wildman–Crippen LogP) is 4.64. The van der Waals surface area contributed by atoms with Gasteiger partial charge in [-0.3, -0.25) is 14.4 Å². The molecule has 0 radical (unpaired) electrons. The van der Waals surface area contributed by atoms with E-state index < -0.39 is 5.82 Å². The third-order valence-electron chi connectivity index (χ3n) is 6.38. The van der Waals surface area contributed by atoms with Crippen LogP contribution in [0.4, 0.5) is 15.8 Å². The molecule has 0 aliphatic carbocycles. The van der Waals surface area contributed by atoms with Crippen LogP contribution in [0.5, 0.6) is 0 Å². The van der Waals surface area contributed by atoms with Gasteiger partial charge in [0.05, 0.1) is 11.1 Å². The first-order valence-electron chi connectivity index (χ1n) is 12.8. The summed E-state index contributed by atoms with van der Waals surface area (Å²) in [5.74, 6) is -0.800. The van der Waals surface area contributed by atoms with Gasteiger partial charge < -0.3 is 20.0 Å². The minimum absolute atomic E-state index is 0.0739. The summed E-state index contributed by atoms with van der Waals surface area (Å²) in [6, 6.07) is 11.5. The van der Waals surface area contributed by atoms with Crippen molar-refractivity contribution in [3.8, 4) is 0 Å². The van der Waals surface area contributed by atoms with Crippen molar-refractivity contribution in [2.75, 3.05) is 49.5 Å². The molecule has 0 atom stereocenters. The van der Waals surface area contributed by atoms with Crippen molar-refractivity contribution in [3.63, 3.8) is 0 Å². The van der Waals surface area contributed by atoms with E-state index in [1.165, 1.54) is 12.1 Å². The van der Waals surface area contributed by atoms with Crippen molar-refractivity contribution in [1.29, 1.82) is 0 Å².